The maximum atomic E-state index is 13.2. The molecule has 0 bridgehead atoms. The Morgan fingerprint density at radius 3 is 2.90 bits per heavy atom. The molecule has 1 N–H and O–H groups in total. The standard InChI is InChI=1S/C16H16FNO2/c1-10-3-5-14(19-2)12(7-10)16-9-18-13-8-11(17)4-6-15(13)20-16/h3-8,16,18H,9H2,1-2H3. The van der Waals surface area contributed by atoms with E-state index in [0.29, 0.717) is 18.0 Å². The van der Waals surface area contributed by atoms with Crippen molar-refractivity contribution in [3.63, 3.8) is 0 Å². The number of methoxy groups -OCH3 is 1. The molecule has 1 atom stereocenters. The van der Waals surface area contributed by atoms with E-state index in [2.05, 4.69) is 11.4 Å². The number of ether oxygens (including phenoxy) is 2. The predicted octanol–water partition coefficient (Wildman–Crippen LogP) is 3.69. The molecule has 1 unspecified atom stereocenters. The van der Waals surface area contributed by atoms with Crippen LogP contribution in [0.4, 0.5) is 10.1 Å². The van der Waals surface area contributed by atoms with Gasteiger partial charge in [-0.3, -0.25) is 0 Å². The molecule has 2 aromatic rings. The quantitative estimate of drug-likeness (QED) is 0.905. The molecule has 0 aromatic heterocycles. The third-order valence-electron chi connectivity index (χ3n) is 3.42. The van der Waals surface area contributed by atoms with E-state index in [0.717, 1.165) is 16.9 Å². The van der Waals surface area contributed by atoms with E-state index in [1.807, 2.05) is 19.1 Å². The summed E-state index contributed by atoms with van der Waals surface area (Å²) in [6.45, 7) is 2.61. The first kappa shape index (κ1) is 12.8. The molecule has 0 saturated carbocycles. The molecule has 4 heteroatoms. The highest BCUT2D eigenvalue weighted by molar-refractivity contribution is 5.59. The van der Waals surface area contributed by atoms with Crippen molar-refractivity contribution in [3.05, 3.63) is 53.3 Å². The van der Waals surface area contributed by atoms with Crippen LogP contribution in [0.5, 0.6) is 11.5 Å². The molecule has 0 fully saturated rings. The summed E-state index contributed by atoms with van der Waals surface area (Å²) in [5.41, 5.74) is 2.83. The van der Waals surface area contributed by atoms with Crippen LogP contribution in [0.25, 0.3) is 0 Å². The first-order valence-corrected chi connectivity index (χ1v) is 6.52. The highest BCUT2D eigenvalue weighted by Gasteiger charge is 2.24. The molecular weight excluding hydrogens is 257 g/mol. The maximum Gasteiger partial charge on any atom is 0.145 e. The van der Waals surface area contributed by atoms with Gasteiger partial charge in [-0.2, -0.15) is 0 Å². The van der Waals surface area contributed by atoms with Crippen LogP contribution in [0.3, 0.4) is 0 Å². The molecule has 1 aliphatic rings. The molecule has 20 heavy (non-hydrogen) atoms. The van der Waals surface area contributed by atoms with Crippen LogP contribution in [-0.2, 0) is 0 Å². The zero-order chi connectivity index (χ0) is 14.1. The van der Waals surface area contributed by atoms with Crippen LogP contribution < -0.4 is 14.8 Å². The smallest absolute Gasteiger partial charge is 0.145 e. The van der Waals surface area contributed by atoms with Gasteiger partial charge in [-0.25, -0.2) is 4.39 Å². The van der Waals surface area contributed by atoms with E-state index in [4.69, 9.17) is 9.47 Å². The summed E-state index contributed by atoms with van der Waals surface area (Å²) < 4.78 is 24.5. The van der Waals surface area contributed by atoms with Gasteiger partial charge in [0.15, 0.2) is 0 Å². The molecule has 1 heterocycles. The maximum absolute atomic E-state index is 13.2. The summed E-state index contributed by atoms with van der Waals surface area (Å²) >= 11 is 0. The fraction of sp³-hybridized carbons (Fsp3) is 0.250. The second kappa shape index (κ2) is 5.04. The second-order valence-corrected chi connectivity index (χ2v) is 4.87. The molecule has 1 aliphatic heterocycles. The van der Waals surface area contributed by atoms with Gasteiger partial charge in [-0.1, -0.05) is 11.6 Å². The van der Waals surface area contributed by atoms with Gasteiger partial charge in [0.2, 0.25) is 0 Å². The molecule has 0 saturated heterocycles. The topological polar surface area (TPSA) is 30.5 Å². The van der Waals surface area contributed by atoms with Gasteiger partial charge in [0.1, 0.15) is 23.4 Å². The van der Waals surface area contributed by atoms with Gasteiger partial charge in [0, 0.05) is 11.6 Å². The summed E-state index contributed by atoms with van der Waals surface area (Å²) in [6.07, 6.45) is -0.150. The summed E-state index contributed by atoms with van der Waals surface area (Å²) in [5, 5.41) is 3.20. The zero-order valence-electron chi connectivity index (χ0n) is 11.4. The number of fused-ring (bicyclic) bond motifs is 1. The molecule has 0 spiro atoms. The van der Waals surface area contributed by atoms with Crippen molar-refractivity contribution in [2.45, 2.75) is 13.0 Å². The number of aryl methyl sites for hydroxylation is 1. The number of nitrogens with one attached hydrogen (secondary N) is 1. The van der Waals surface area contributed by atoms with Crippen LogP contribution in [0.2, 0.25) is 0 Å². The Morgan fingerprint density at radius 1 is 1.25 bits per heavy atom. The fourth-order valence-corrected chi connectivity index (χ4v) is 2.42. The highest BCUT2D eigenvalue weighted by Crippen LogP contribution is 2.37. The molecule has 0 radical (unpaired) electrons. The molecule has 0 aliphatic carbocycles. The van der Waals surface area contributed by atoms with E-state index in [1.165, 1.54) is 12.1 Å². The van der Waals surface area contributed by atoms with E-state index in [-0.39, 0.29) is 11.9 Å². The Morgan fingerprint density at radius 2 is 2.10 bits per heavy atom. The Bertz CT molecular complexity index is 642. The zero-order valence-corrected chi connectivity index (χ0v) is 11.4. The van der Waals surface area contributed by atoms with Gasteiger partial charge in [-0.05, 0) is 31.2 Å². The van der Waals surface area contributed by atoms with Crippen molar-refractivity contribution >= 4 is 5.69 Å². The average molecular weight is 273 g/mol. The van der Waals surface area contributed by atoms with E-state index >= 15 is 0 Å². The minimum Gasteiger partial charge on any atom is -0.496 e. The van der Waals surface area contributed by atoms with Gasteiger partial charge in [-0.15, -0.1) is 0 Å². The van der Waals surface area contributed by atoms with Crippen molar-refractivity contribution in [2.24, 2.45) is 0 Å². The van der Waals surface area contributed by atoms with Crippen molar-refractivity contribution in [1.82, 2.24) is 0 Å². The van der Waals surface area contributed by atoms with E-state index < -0.39 is 0 Å². The van der Waals surface area contributed by atoms with Crippen LogP contribution in [0.15, 0.2) is 36.4 Å². The van der Waals surface area contributed by atoms with Crippen LogP contribution in [0, 0.1) is 12.7 Å². The lowest BCUT2D eigenvalue weighted by Crippen LogP contribution is -2.24. The monoisotopic (exact) mass is 273 g/mol. The highest BCUT2D eigenvalue weighted by atomic mass is 19.1. The lowest BCUT2D eigenvalue weighted by Gasteiger charge is -2.28. The average Bonchev–Trinajstić information content (AvgIpc) is 2.46. The van der Waals surface area contributed by atoms with Crippen LogP contribution in [0.1, 0.15) is 17.2 Å². The Balaban J connectivity index is 1.94. The lowest BCUT2D eigenvalue weighted by molar-refractivity contribution is 0.205. The number of halogens is 1. The third kappa shape index (κ3) is 2.29. The van der Waals surface area contributed by atoms with Gasteiger partial charge in [0.25, 0.3) is 0 Å². The number of rotatable bonds is 2. The normalized spacial score (nSPS) is 16.9. The Labute approximate surface area is 117 Å². The van der Waals surface area contributed by atoms with Crippen molar-refractivity contribution in [2.75, 3.05) is 19.0 Å². The molecular formula is C16H16FNO2. The van der Waals surface area contributed by atoms with Crippen LogP contribution in [-0.4, -0.2) is 13.7 Å². The number of hydrogen-bond acceptors (Lipinski definition) is 3. The summed E-state index contributed by atoms with van der Waals surface area (Å²) in [7, 11) is 1.65. The Hall–Kier alpha value is -2.23. The van der Waals surface area contributed by atoms with E-state index in [1.54, 1.807) is 13.2 Å². The minimum atomic E-state index is -0.272. The first-order chi connectivity index (χ1) is 9.67. The SMILES string of the molecule is COc1ccc(C)cc1C1CNc2cc(F)ccc2O1. The summed E-state index contributed by atoms with van der Waals surface area (Å²) in [6, 6.07) is 10.5. The second-order valence-electron chi connectivity index (χ2n) is 4.87. The summed E-state index contributed by atoms with van der Waals surface area (Å²) in [4.78, 5) is 0. The largest absolute Gasteiger partial charge is 0.496 e. The van der Waals surface area contributed by atoms with E-state index in [9.17, 15) is 4.39 Å². The number of benzene rings is 2. The number of hydrogen-bond donors (Lipinski definition) is 1. The Kier molecular flexibility index (Phi) is 3.22. The van der Waals surface area contributed by atoms with Gasteiger partial charge < -0.3 is 14.8 Å². The molecule has 104 valence electrons. The van der Waals surface area contributed by atoms with Crippen molar-refractivity contribution in [1.29, 1.82) is 0 Å². The van der Waals surface area contributed by atoms with Crippen LogP contribution >= 0.6 is 0 Å². The van der Waals surface area contributed by atoms with Crippen molar-refractivity contribution in [3.8, 4) is 11.5 Å². The molecule has 3 nitrogen and oxygen atoms in total. The van der Waals surface area contributed by atoms with Gasteiger partial charge in [0.05, 0.1) is 19.3 Å². The fourth-order valence-electron chi connectivity index (χ4n) is 2.42. The first-order valence-electron chi connectivity index (χ1n) is 6.52. The van der Waals surface area contributed by atoms with Crippen molar-refractivity contribution < 1.29 is 13.9 Å². The third-order valence-corrected chi connectivity index (χ3v) is 3.42. The molecule has 3 rings (SSSR count). The number of anilines is 1. The lowest BCUT2D eigenvalue weighted by atomic mass is 10.0. The predicted molar refractivity (Wildman–Crippen MR) is 76.0 cm³/mol. The minimum absolute atomic E-state index is 0.150. The molecule has 0 amide bonds. The molecule has 2 aromatic carbocycles. The van der Waals surface area contributed by atoms with Gasteiger partial charge >= 0.3 is 0 Å². The summed E-state index contributed by atoms with van der Waals surface area (Å²) in [5.74, 6) is 1.19.